The Labute approximate surface area is 164 Å². The molecule has 2 saturated carbocycles. The number of amides is 4. The third-order valence-corrected chi connectivity index (χ3v) is 7.41. The molecule has 0 radical (unpaired) electrons. The molecular formula is C20H28N5O3+. The normalized spacial score (nSPS) is 36.5. The quantitative estimate of drug-likeness (QED) is 0.672. The van der Waals surface area contributed by atoms with Gasteiger partial charge in [-0.15, -0.1) is 0 Å². The van der Waals surface area contributed by atoms with Crippen LogP contribution in [0.4, 0.5) is 4.79 Å². The van der Waals surface area contributed by atoms with Gasteiger partial charge in [-0.25, -0.2) is 9.37 Å². The summed E-state index contributed by atoms with van der Waals surface area (Å²) >= 11 is 0. The third-order valence-electron chi connectivity index (χ3n) is 7.41. The van der Waals surface area contributed by atoms with Gasteiger partial charge in [0.15, 0.2) is 0 Å². The highest BCUT2D eigenvalue weighted by Crippen LogP contribution is 2.47. The zero-order valence-electron chi connectivity index (χ0n) is 16.6. The third kappa shape index (κ3) is 2.68. The van der Waals surface area contributed by atoms with Gasteiger partial charge in [-0.1, -0.05) is 0 Å². The van der Waals surface area contributed by atoms with E-state index < -0.39 is 6.04 Å². The van der Waals surface area contributed by atoms with E-state index in [1.165, 1.54) is 44.1 Å². The number of hydrogen-bond donors (Lipinski definition) is 0. The van der Waals surface area contributed by atoms with Crippen molar-refractivity contribution in [2.24, 2.45) is 22.7 Å². The second-order valence-corrected chi connectivity index (χ2v) is 9.21. The van der Waals surface area contributed by atoms with Crippen LogP contribution < -0.4 is 0 Å². The molecule has 8 heteroatoms. The summed E-state index contributed by atoms with van der Waals surface area (Å²) in [6.45, 7) is 1.35. The van der Waals surface area contributed by atoms with Crippen LogP contribution >= 0.6 is 0 Å². The Kier molecular flexibility index (Phi) is 4.07. The summed E-state index contributed by atoms with van der Waals surface area (Å²) in [6.07, 6.45) is 8.25. The zero-order chi connectivity index (χ0) is 19.6. The first kappa shape index (κ1) is 17.8. The molecule has 3 atom stereocenters. The highest BCUT2D eigenvalue weighted by Gasteiger charge is 2.50. The molecule has 5 fully saturated rings. The van der Waals surface area contributed by atoms with Crippen molar-refractivity contribution in [2.45, 2.75) is 50.6 Å². The van der Waals surface area contributed by atoms with Crippen LogP contribution in [0.15, 0.2) is 4.99 Å². The molecule has 3 saturated heterocycles. The average molecular weight is 386 g/mol. The largest absolute Gasteiger partial charge is 0.339 e. The van der Waals surface area contributed by atoms with Crippen LogP contribution in [-0.4, -0.2) is 88.6 Å². The minimum atomic E-state index is -0.600. The standard InChI is InChI=1S/C20H28N5O3/c1-22-18-17(19(27)23(2)20(22)28)24(11-21-18)4-3-16(26)25-10-14-6-12-5-13(7-14)9-15(25)8-12/h11-15,17H,3-10H2,1-2H3/q+1. The van der Waals surface area contributed by atoms with Crippen molar-refractivity contribution in [2.75, 3.05) is 27.2 Å². The van der Waals surface area contributed by atoms with Crippen molar-refractivity contribution in [3.05, 3.63) is 0 Å². The fraction of sp³-hybridized carbons (Fsp3) is 0.750. The van der Waals surface area contributed by atoms with E-state index in [1.807, 2.05) is 0 Å². The summed E-state index contributed by atoms with van der Waals surface area (Å²) in [5.74, 6) is 2.65. The monoisotopic (exact) mass is 386 g/mol. The molecule has 2 aliphatic carbocycles. The Hall–Kier alpha value is -2.25. The summed E-state index contributed by atoms with van der Waals surface area (Å²) in [5, 5.41) is 0. The molecule has 4 aliphatic heterocycles. The van der Waals surface area contributed by atoms with E-state index in [1.54, 1.807) is 18.0 Å². The Morgan fingerprint density at radius 1 is 1.07 bits per heavy atom. The van der Waals surface area contributed by atoms with Gasteiger partial charge in [0.05, 0.1) is 13.0 Å². The number of rotatable bonds is 3. The van der Waals surface area contributed by atoms with Crippen LogP contribution in [0.3, 0.4) is 0 Å². The Balaban J connectivity index is 1.25. The maximum absolute atomic E-state index is 13.1. The highest BCUT2D eigenvalue weighted by atomic mass is 16.2. The van der Waals surface area contributed by atoms with Crippen molar-refractivity contribution in [1.29, 1.82) is 0 Å². The van der Waals surface area contributed by atoms with Crippen LogP contribution in [0.1, 0.15) is 38.5 Å². The van der Waals surface area contributed by atoms with Gasteiger partial charge in [0.2, 0.25) is 5.91 Å². The minimum Gasteiger partial charge on any atom is -0.339 e. The second-order valence-electron chi connectivity index (χ2n) is 9.21. The first-order valence-corrected chi connectivity index (χ1v) is 10.4. The summed E-state index contributed by atoms with van der Waals surface area (Å²) in [6, 6.07) is -0.567. The fourth-order valence-corrected chi connectivity index (χ4v) is 6.19. The number of amidine groups is 1. The lowest BCUT2D eigenvalue weighted by atomic mass is 9.68. The Morgan fingerprint density at radius 2 is 1.75 bits per heavy atom. The number of imide groups is 1. The minimum absolute atomic E-state index is 0.195. The Morgan fingerprint density at radius 3 is 2.46 bits per heavy atom. The molecular weight excluding hydrogens is 358 g/mol. The molecule has 3 unspecified atom stereocenters. The van der Waals surface area contributed by atoms with Gasteiger partial charge in [0, 0.05) is 26.7 Å². The van der Waals surface area contributed by atoms with Crippen LogP contribution in [0.5, 0.6) is 0 Å². The number of nitrogens with zero attached hydrogens (tertiary/aromatic N) is 5. The number of carbonyl (C=O) groups excluding carboxylic acids is 3. The van der Waals surface area contributed by atoms with Crippen molar-refractivity contribution in [3.63, 3.8) is 0 Å². The molecule has 4 bridgehead atoms. The number of aliphatic imine (C=N–C) groups is 1. The molecule has 6 rings (SSSR count). The predicted octanol–water partition coefficient (Wildman–Crippen LogP) is 0.759. The molecule has 28 heavy (non-hydrogen) atoms. The molecule has 8 nitrogen and oxygen atoms in total. The van der Waals surface area contributed by atoms with E-state index in [9.17, 15) is 14.4 Å². The zero-order valence-corrected chi connectivity index (χ0v) is 16.6. The lowest BCUT2D eigenvalue weighted by Gasteiger charge is -2.39. The van der Waals surface area contributed by atoms with Crippen molar-refractivity contribution in [3.8, 4) is 0 Å². The summed E-state index contributed by atoms with van der Waals surface area (Å²) in [5.41, 5.74) is 0. The maximum atomic E-state index is 13.1. The van der Waals surface area contributed by atoms with Crippen LogP contribution in [-0.2, 0) is 9.59 Å². The predicted molar refractivity (Wildman–Crippen MR) is 102 cm³/mol. The SMILES string of the molecule is CN1C(=O)C2C(=NC=[N+]2CCC(=O)N2CC3CC4CC(C3)CC2C4)N(C)C1=O. The molecule has 0 aromatic rings. The lowest BCUT2D eigenvalue weighted by molar-refractivity contribution is -0.530. The summed E-state index contributed by atoms with van der Waals surface area (Å²) in [4.78, 5) is 46.7. The smallest absolute Gasteiger partial charge is 0.333 e. The van der Waals surface area contributed by atoms with Crippen molar-refractivity contribution < 1.29 is 19.0 Å². The van der Waals surface area contributed by atoms with E-state index in [2.05, 4.69) is 9.89 Å². The van der Waals surface area contributed by atoms with Crippen LogP contribution in [0.2, 0.25) is 0 Å². The molecule has 0 N–H and O–H groups in total. The number of carbonyl (C=O) groups is 3. The van der Waals surface area contributed by atoms with E-state index in [0.717, 1.165) is 23.3 Å². The maximum Gasteiger partial charge on any atom is 0.333 e. The molecule has 0 aromatic heterocycles. The van der Waals surface area contributed by atoms with Gasteiger partial charge in [0.25, 0.3) is 24.1 Å². The fourth-order valence-electron chi connectivity index (χ4n) is 6.19. The topological polar surface area (TPSA) is 76.3 Å². The number of urea groups is 1. The number of likely N-dealkylation sites (N-methyl/N-ethyl adjacent to an activating group) is 2. The van der Waals surface area contributed by atoms with Gasteiger partial charge in [-0.2, -0.15) is 0 Å². The lowest BCUT2D eigenvalue weighted by Crippen LogP contribution is -2.61. The highest BCUT2D eigenvalue weighted by molar-refractivity contribution is 6.21. The molecule has 150 valence electrons. The van der Waals surface area contributed by atoms with E-state index in [-0.39, 0.29) is 17.8 Å². The van der Waals surface area contributed by atoms with Crippen molar-refractivity contribution >= 4 is 30.0 Å². The Bertz CT molecular complexity index is 792. The molecule has 4 heterocycles. The first-order chi connectivity index (χ1) is 13.4. The van der Waals surface area contributed by atoms with Gasteiger partial charge < -0.3 is 4.90 Å². The summed E-state index contributed by atoms with van der Waals surface area (Å²) < 4.78 is 1.80. The van der Waals surface area contributed by atoms with Gasteiger partial charge >= 0.3 is 6.03 Å². The van der Waals surface area contributed by atoms with E-state index in [4.69, 9.17) is 0 Å². The van der Waals surface area contributed by atoms with E-state index >= 15 is 0 Å². The van der Waals surface area contributed by atoms with Crippen LogP contribution in [0.25, 0.3) is 0 Å². The van der Waals surface area contributed by atoms with E-state index in [0.29, 0.717) is 30.8 Å². The van der Waals surface area contributed by atoms with Gasteiger partial charge in [0.1, 0.15) is 0 Å². The number of fused-ring (bicyclic) bond motifs is 2. The second kappa shape index (κ2) is 6.39. The van der Waals surface area contributed by atoms with Crippen LogP contribution in [0, 0.1) is 17.8 Å². The van der Waals surface area contributed by atoms with Gasteiger partial charge in [-0.05, 0) is 54.9 Å². The summed E-state index contributed by atoms with van der Waals surface area (Å²) in [7, 11) is 3.12. The van der Waals surface area contributed by atoms with Crippen molar-refractivity contribution in [1.82, 2.24) is 14.7 Å². The molecule has 4 amide bonds. The molecule has 0 aromatic carbocycles. The molecule has 0 spiro atoms. The van der Waals surface area contributed by atoms with Gasteiger partial charge in [-0.3, -0.25) is 19.4 Å². The first-order valence-electron chi connectivity index (χ1n) is 10.4. The molecule has 6 aliphatic rings. The number of hydrogen-bond acceptors (Lipinski definition) is 4. The average Bonchev–Trinajstić information content (AvgIpc) is 3.00.